The van der Waals surface area contributed by atoms with Gasteiger partial charge in [-0.15, -0.1) is 6.42 Å². The highest BCUT2D eigenvalue weighted by Gasteiger charge is 2.43. The van der Waals surface area contributed by atoms with Crippen LogP contribution < -0.4 is 10.6 Å². The van der Waals surface area contributed by atoms with Crippen molar-refractivity contribution in [2.75, 3.05) is 11.9 Å². The highest BCUT2D eigenvalue weighted by atomic mass is 16.2. The molecule has 2 aromatic rings. The minimum absolute atomic E-state index is 0.0709. The van der Waals surface area contributed by atoms with E-state index in [0.717, 1.165) is 10.3 Å². The first kappa shape index (κ1) is 16.8. The monoisotopic (exact) mass is 361 g/mol. The molecule has 0 aliphatic carbocycles. The number of rotatable bonds is 3. The third-order valence-electron chi connectivity index (χ3n) is 4.83. The molecule has 4 amide bonds. The summed E-state index contributed by atoms with van der Waals surface area (Å²) in [5.41, 5.74) is 1.15. The maximum Gasteiger partial charge on any atom is 0.264 e. The molecule has 0 radical (unpaired) electrons. The molecule has 1 unspecified atom stereocenters. The van der Waals surface area contributed by atoms with Crippen LogP contribution in [0, 0.1) is 12.3 Å². The molecule has 2 aliphatic rings. The minimum Gasteiger partial charge on any atom is -0.373 e. The van der Waals surface area contributed by atoms with Crippen molar-refractivity contribution < 1.29 is 19.2 Å². The molecule has 1 fully saturated rings. The van der Waals surface area contributed by atoms with Gasteiger partial charge in [0.1, 0.15) is 6.04 Å². The first-order valence-corrected chi connectivity index (χ1v) is 8.47. The van der Waals surface area contributed by atoms with Crippen molar-refractivity contribution in [1.82, 2.24) is 10.2 Å². The molecule has 1 saturated heterocycles. The fourth-order valence-corrected chi connectivity index (χ4v) is 3.63. The van der Waals surface area contributed by atoms with E-state index in [4.69, 9.17) is 6.42 Å². The molecule has 7 heteroatoms. The van der Waals surface area contributed by atoms with E-state index < -0.39 is 29.7 Å². The lowest BCUT2D eigenvalue weighted by Gasteiger charge is -2.35. The first-order chi connectivity index (χ1) is 13.0. The predicted molar refractivity (Wildman–Crippen MR) is 97.9 cm³/mol. The van der Waals surface area contributed by atoms with Gasteiger partial charge in [0.2, 0.25) is 11.8 Å². The number of nitrogens with zero attached hydrogens (tertiary/aromatic N) is 1. The van der Waals surface area contributed by atoms with E-state index in [-0.39, 0.29) is 19.4 Å². The Morgan fingerprint density at radius 3 is 2.70 bits per heavy atom. The van der Waals surface area contributed by atoms with Crippen molar-refractivity contribution >= 4 is 40.1 Å². The van der Waals surface area contributed by atoms with E-state index in [1.807, 2.05) is 12.1 Å². The number of carbonyl (C=O) groups excluding carboxylic acids is 4. The van der Waals surface area contributed by atoms with Gasteiger partial charge in [-0.3, -0.25) is 29.4 Å². The molecular weight excluding hydrogens is 346 g/mol. The highest BCUT2D eigenvalue weighted by molar-refractivity contribution is 6.28. The zero-order valence-corrected chi connectivity index (χ0v) is 14.2. The first-order valence-electron chi connectivity index (χ1n) is 8.47. The van der Waals surface area contributed by atoms with Crippen molar-refractivity contribution in [2.24, 2.45) is 0 Å². The number of benzene rings is 2. The van der Waals surface area contributed by atoms with Gasteiger partial charge >= 0.3 is 0 Å². The topological polar surface area (TPSA) is 95.6 Å². The van der Waals surface area contributed by atoms with Crippen LogP contribution in [0.1, 0.15) is 33.6 Å². The van der Waals surface area contributed by atoms with Gasteiger partial charge in [0.05, 0.1) is 12.1 Å². The lowest BCUT2D eigenvalue weighted by molar-refractivity contribution is -0.136. The number of hydrogen-bond acceptors (Lipinski definition) is 5. The van der Waals surface area contributed by atoms with Gasteiger partial charge < -0.3 is 5.32 Å². The second kappa shape index (κ2) is 6.25. The Labute approximate surface area is 154 Å². The summed E-state index contributed by atoms with van der Waals surface area (Å²) in [5, 5.41) is 6.49. The predicted octanol–water partition coefficient (Wildman–Crippen LogP) is 1.29. The molecule has 0 spiro atoms. The fraction of sp³-hybridized carbons (Fsp3) is 0.200. The molecule has 0 saturated carbocycles. The molecule has 27 heavy (non-hydrogen) atoms. The number of terminal acetylenes is 1. The minimum atomic E-state index is -1.02. The third kappa shape index (κ3) is 2.54. The van der Waals surface area contributed by atoms with E-state index in [9.17, 15) is 19.2 Å². The van der Waals surface area contributed by atoms with E-state index >= 15 is 0 Å². The quantitative estimate of drug-likeness (QED) is 0.634. The summed E-state index contributed by atoms with van der Waals surface area (Å²) in [7, 11) is 0. The van der Waals surface area contributed by atoms with E-state index in [1.54, 1.807) is 18.2 Å². The van der Waals surface area contributed by atoms with Gasteiger partial charge in [-0.1, -0.05) is 24.1 Å². The number of nitrogens with one attached hydrogen (secondary N) is 2. The maximum absolute atomic E-state index is 13.3. The Morgan fingerprint density at radius 1 is 1.15 bits per heavy atom. The Morgan fingerprint density at radius 2 is 1.96 bits per heavy atom. The van der Waals surface area contributed by atoms with Crippen LogP contribution in [0.25, 0.3) is 10.8 Å². The van der Waals surface area contributed by atoms with Gasteiger partial charge in [0.25, 0.3) is 11.8 Å². The van der Waals surface area contributed by atoms with Gasteiger partial charge in [-0.2, -0.15) is 0 Å². The Hall–Kier alpha value is -3.66. The Balaban J connectivity index is 1.89. The van der Waals surface area contributed by atoms with Crippen molar-refractivity contribution in [3.8, 4) is 12.3 Å². The Kier molecular flexibility index (Phi) is 3.89. The summed E-state index contributed by atoms with van der Waals surface area (Å²) in [6, 6.07) is 7.69. The fourth-order valence-electron chi connectivity index (χ4n) is 3.63. The molecule has 0 bridgehead atoms. The summed E-state index contributed by atoms with van der Waals surface area (Å²) < 4.78 is 0. The third-order valence-corrected chi connectivity index (χ3v) is 4.83. The number of carbonyl (C=O) groups is 4. The van der Waals surface area contributed by atoms with Crippen molar-refractivity contribution in [1.29, 1.82) is 0 Å². The zero-order valence-electron chi connectivity index (χ0n) is 14.2. The van der Waals surface area contributed by atoms with Gasteiger partial charge in [-0.05, 0) is 23.9 Å². The standard InChI is InChI=1S/C20H15N3O4/c1-2-10-21-13-7-6-11-4-3-5-12-16(11)17(13)20(27)23(19(12)26)14-8-9-15(24)22-18(14)25/h1,3-7,14,21H,8-10H2,(H,22,24,25). The van der Waals surface area contributed by atoms with Crippen molar-refractivity contribution in [3.05, 3.63) is 41.5 Å². The van der Waals surface area contributed by atoms with Gasteiger partial charge in [0.15, 0.2) is 0 Å². The number of hydrogen-bond donors (Lipinski definition) is 2. The lowest BCUT2D eigenvalue weighted by atomic mass is 9.90. The number of piperidine rings is 1. The molecular formula is C20H15N3O4. The second-order valence-corrected chi connectivity index (χ2v) is 6.40. The molecule has 2 heterocycles. The largest absolute Gasteiger partial charge is 0.373 e. The summed E-state index contributed by atoms with van der Waals surface area (Å²) in [4.78, 5) is 51.0. The van der Waals surface area contributed by atoms with Crippen LogP contribution >= 0.6 is 0 Å². The van der Waals surface area contributed by atoms with Crippen LogP contribution in [-0.4, -0.2) is 41.1 Å². The summed E-state index contributed by atoms with van der Waals surface area (Å²) in [6.07, 6.45) is 5.49. The smallest absolute Gasteiger partial charge is 0.264 e. The zero-order chi connectivity index (χ0) is 19.1. The second-order valence-electron chi connectivity index (χ2n) is 6.40. The van der Waals surface area contributed by atoms with Crippen LogP contribution in [0.15, 0.2) is 30.3 Å². The van der Waals surface area contributed by atoms with Gasteiger partial charge in [-0.25, -0.2) is 0 Å². The molecule has 2 N–H and O–H groups in total. The molecule has 0 aromatic heterocycles. The normalized spacial score (nSPS) is 19.1. The molecule has 4 rings (SSSR count). The molecule has 2 aromatic carbocycles. The van der Waals surface area contributed by atoms with Crippen molar-refractivity contribution in [2.45, 2.75) is 18.9 Å². The number of amides is 4. The van der Waals surface area contributed by atoms with Crippen LogP contribution in [0.5, 0.6) is 0 Å². The molecule has 7 nitrogen and oxygen atoms in total. The average molecular weight is 361 g/mol. The average Bonchev–Trinajstić information content (AvgIpc) is 2.66. The number of imide groups is 2. The van der Waals surface area contributed by atoms with Crippen LogP contribution in [0.2, 0.25) is 0 Å². The lowest BCUT2D eigenvalue weighted by Crippen LogP contribution is -2.57. The van der Waals surface area contributed by atoms with Crippen LogP contribution in [0.4, 0.5) is 5.69 Å². The number of anilines is 1. The maximum atomic E-state index is 13.3. The SMILES string of the molecule is C#CCNc1ccc2cccc3c2c1C(=O)N(C1CCC(=O)NC1=O)C3=O. The van der Waals surface area contributed by atoms with E-state index in [2.05, 4.69) is 16.6 Å². The molecule has 2 aliphatic heterocycles. The van der Waals surface area contributed by atoms with Gasteiger partial charge in [0, 0.05) is 23.1 Å². The highest BCUT2D eigenvalue weighted by Crippen LogP contribution is 2.36. The summed E-state index contributed by atoms with van der Waals surface area (Å²) in [6.45, 7) is 0.209. The molecule has 134 valence electrons. The summed E-state index contributed by atoms with van der Waals surface area (Å²) >= 11 is 0. The summed E-state index contributed by atoms with van der Waals surface area (Å²) in [5.74, 6) is 0.291. The Bertz CT molecular complexity index is 1070. The van der Waals surface area contributed by atoms with Crippen LogP contribution in [-0.2, 0) is 9.59 Å². The van der Waals surface area contributed by atoms with Crippen molar-refractivity contribution in [3.63, 3.8) is 0 Å². The van der Waals surface area contributed by atoms with Crippen LogP contribution in [0.3, 0.4) is 0 Å². The molecule has 1 atom stereocenters. The van der Waals surface area contributed by atoms with E-state index in [1.165, 1.54) is 0 Å². The van der Waals surface area contributed by atoms with E-state index in [0.29, 0.717) is 22.2 Å².